The van der Waals surface area contributed by atoms with Gasteiger partial charge in [-0.25, -0.2) is 5.84 Å². The second-order valence-electron chi connectivity index (χ2n) is 4.48. The van der Waals surface area contributed by atoms with Crippen molar-refractivity contribution in [1.82, 2.24) is 14.7 Å². The van der Waals surface area contributed by atoms with E-state index in [0.717, 1.165) is 35.7 Å². The molecule has 0 unspecified atom stereocenters. The van der Waals surface area contributed by atoms with Crippen LogP contribution in [0.5, 0.6) is 0 Å². The molecule has 2 heterocycles. The van der Waals surface area contributed by atoms with Gasteiger partial charge in [0, 0.05) is 31.3 Å². The van der Waals surface area contributed by atoms with Gasteiger partial charge in [-0.15, -0.1) is 0 Å². The van der Waals surface area contributed by atoms with Crippen molar-refractivity contribution in [2.24, 2.45) is 12.9 Å². The van der Waals surface area contributed by atoms with Gasteiger partial charge in [-0.1, -0.05) is 0 Å². The smallest absolute Gasteiger partial charge is 0.142 e. The van der Waals surface area contributed by atoms with Gasteiger partial charge < -0.3 is 9.84 Å². The predicted molar refractivity (Wildman–Crippen MR) is 69.6 cm³/mol. The Kier molecular flexibility index (Phi) is 3.69. The van der Waals surface area contributed by atoms with Crippen LogP contribution in [-0.4, -0.2) is 21.7 Å². The molecule has 0 saturated heterocycles. The zero-order valence-electron chi connectivity index (χ0n) is 11.0. The molecule has 0 saturated carbocycles. The second kappa shape index (κ2) is 5.24. The van der Waals surface area contributed by atoms with E-state index >= 15 is 0 Å². The van der Waals surface area contributed by atoms with Crippen molar-refractivity contribution in [2.45, 2.75) is 20.0 Å². The Hall–Kier alpha value is -1.79. The highest BCUT2D eigenvalue weighted by atomic mass is 16.3. The number of hydrazine groups is 1. The minimum Gasteiger partial charge on any atom is -0.472 e. The van der Waals surface area contributed by atoms with Gasteiger partial charge >= 0.3 is 0 Å². The van der Waals surface area contributed by atoms with Crippen LogP contribution in [0.2, 0.25) is 0 Å². The van der Waals surface area contributed by atoms with Crippen molar-refractivity contribution in [3.8, 4) is 0 Å². The third-order valence-electron chi connectivity index (χ3n) is 2.94. The Morgan fingerprint density at radius 3 is 2.89 bits per heavy atom. The first-order valence-corrected chi connectivity index (χ1v) is 5.80. The zero-order valence-corrected chi connectivity index (χ0v) is 11.0. The Morgan fingerprint density at radius 2 is 2.28 bits per heavy atom. The first-order chi connectivity index (χ1) is 8.61. The lowest BCUT2D eigenvalue weighted by Crippen LogP contribution is -2.19. The molecule has 98 valence electrons. The van der Waals surface area contributed by atoms with Gasteiger partial charge in [-0.05, 0) is 20.0 Å². The molecule has 6 nitrogen and oxygen atoms in total. The molecule has 18 heavy (non-hydrogen) atoms. The molecule has 0 aliphatic carbocycles. The van der Waals surface area contributed by atoms with Gasteiger partial charge in [0.05, 0.1) is 18.2 Å². The molecular weight excluding hydrogens is 230 g/mol. The summed E-state index contributed by atoms with van der Waals surface area (Å²) in [5, 5.41) is 4.36. The van der Waals surface area contributed by atoms with Crippen molar-refractivity contribution < 1.29 is 4.42 Å². The van der Waals surface area contributed by atoms with Crippen LogP contribution in [0.4, 0.5) is 5.82 Å². The summed E-state index contributed by atoms with van der Waals surface area (Å²) in [5.74, 6) is 6.39. The number of hydrogen-bond donors (Lipinski definition) is 2. The molecule has 3 N–H and O–H groups in total. The van der Waals surface area contributed by atoms with Crippen LogP contribution in [0.1, 0.15) is 16.8 Å². The lowest BCUT2D eigenvalue weighted by Gasteiger charge is -2.16. The minimum absolute atomic E-state index is 0.782. The Bertz CT molecular complexity index is 503. The summed E-state index contributed by atoms with van der Waals surface area (Å²) in [7, 11) is 3.93. The van der Waals surface area contributed by atoms with E-state index in [1.165, 1.54) is 0 Å². The maximum absolute atomic E-state index is 5.53. The van der Waals surface area contributed by atoms with Gasteiger partial charge in [-0.2, -0.15) is 5.10 Å². The summed E-state index contributed by atoms with van der Waals surface area (Å²) in [6.45, 7) is 3.60. The lowest BCUT2D eigenvalue weighted by molar-refractivity contribution is 0.317. The van der Waals surface area contributed by atoms with Gasteiger partial charge in [0.15, 0.2) is 0 Å². The SMILES string of the molecule is Cc1nn(C)c(NN)c1CN(C)Cc1ccoc1. The Labute approximate surface area is 106 Å². The molecule has 0 fully saturated rings. The van der Waals surface area contributed by atoms with Crippen molar-refractivity contribution in [2.75, 3.05) is 12.5 Å². The standard InChI is InChI=1S/C12H19N5O/c1-9-11(12(14-13)17(3)15-9)7-16(2)6-10-4-5-18-8-10/h4-5,8,14H,6-7,13H2,1-3H3. The summed E-state index contributed by atoms with van der Waals surface area (Å²) in [6, 6.07) is 1.97. The quantitative estimate of drug-likeness (QED) is 0.616. The van der Waals surface area contributed by atoms with Gasteiger partial charge in [0.1, 0.15) is 5.82 Å². The molecule has 0 amide bonds. The number of rotatable bonds is 5. The van der Waals surface area contributed by atoms with E-state index in [9.17, 15) is 0 Å². The number of hydrogen-bond acceptors (Lipinski definition) is 5. The van der Waals surface area contributed by atoms with E-state index in [2.05, 4.69) is 22.5 Å². The van der Waals surface area contributed by atoms with Crippen molar-refractivity contribution >= 4 is 5.82 Å². The van der Waals surface area contributed by atoms with Crippen LogP contribution in [0.25, 0.3) is 0 Å². The van der Waals surface area contributed by atoms with Crippen molar-refractivity contribution in [1.29, 1.82) is 0 Å². The molecule has 0 bridgehead atoms. The zero-order chi connectivity index (χ0) is 13.1. The van der Waals surface area contributed by atoms with E-state index in [-0.39, 0.29) is 0 Å². The second-order valence-corrected chi connectivity index (χ2v) is 4.48. The first-order valence-electron chi connectivity index (χ1n) is 5.80. The molecule has 0 aliphatic rings. The number of nitrogens with zero attached hydrogens (tertiary/aromatic N) is 3. The summed E-state index contributed by atoms with van der Waals surface area (Å²) in [4.78, 5) is 2.19. The van der Waals surface area contributed by atoms with Crippen LogP contribution in [0, 0.1) is 6.92 Å². The van der Waals surface area contributed by atoms with Gasteiger partial charge in [0.25, 0.3) is 0 Å². The molecule has 0 radical (unpaired) electrons. The van der Waals surface area contributed by atoms with E-state index < -0.39 is 0 Å². The number of furan rings is 1. The van der Waals surface area contributed by atoms with E-state index in [1.54, 1.807) is 17.2 Å². The third-order valence-corrected chi connectivity index (χ3v) is 2.94. The normalized spacial score (nSPS) is 11.2. The summed E-state index contributed by atoms with van der Waals surface area (Å²) >= 11 is 0. The molecule has 0 aromatic carbocycles. The average molecular weight is 249 g/mol. The highest BCUT2D eigenvalue weighted by Gasteiger charge is 2.14. The highest BCUT2D eigenvalue weighted by molar-refractivity contribution is 5.46. The van der Waals surface area contributed by atoms with E-state index in [4.69, 9.17) is 10.3 Å². The summed E-state index contributed by atoms with van der Waals surface area (Å²) in [5.41, 5.74) is 5.97. The van der Waals surface area contributed by atoms with Crippen LogP contribution in [0.15, 0.2) is 23.0 Å². The van der Waals surface area contributed by atoms with Crippen LogP contribution >= 0.6 is 0 Å². The van der Waals surface area contributed by atoms with E-state index in [0.29, 0.717) is 0 Å². The van der Waals surface area contributed by atoms with Crippen molar-refractivity contribution in [3.05, 3.63) is 35.4 Å². The molecule has 2 aromatic heterocycles. The maximum atomic E-state index is 5.53. The molecule has 2 aromatic rings. The minimum atomic E-state index is 0.782. The highest BCUT2D eigenvalue weighted by Crippen LogP contribution is 2.20. The molecule has 0 aliphatic heterocycles. The molecule has 0 spiro atoms. The predicted octanol–water partition coefficient (Wildman–Crippen LogP) is 1.24. The maximum Gasteiger partial charge on any atom is 0.142 e. The molecule has 6 heteroatoms. The molecule has 2 rings (SSSR count). The monoisotopic (exact) mass is 249 g/mol. The van der Waals surface area contributed by atoms with Crippen LogP contribution in [-0.2, 0) is 20.1 Å². The van der Waals surface area contributed by atoms with E-state index in [1.807, 2.05) is 20.0 Å². The fourth-order valence-corrected chi connectivity index (χ4v) is 2.09. The van der Waals surface area contributed by atoms with Crippen molar-refractivity contribution in [3.63, 3.8) is 0 Å². The number of nitrogens with two attached hydrogens (primary N) is 1. The number of aromatic nitrogens is 2. The number of nitrogen functional groups attached to an aromatic ring is 1. The number of aryl methyl sites for hydroxylation is 2. The van der Waals surface area contributed by atoms with Crippen LogP contribution in [0.3, 0.4) is 0 Å². The number of nitrogens with one attached hydrogen (secondary N) is 1. The van der Waals surface area contributed by atoms with Gasteiger partial charge in [-0.3, -0.25) is 9.58 Å². The third kappa shape index (κ3) is 2.55. The fraction of sp³-hybridized carbons (Fsp3) is 0.417. The first kappa shape index (κ1) is 12.7. The fourth-order valence-electron chi connectivity index (χ4n) is 2.09. The topological polar surface area (TPSA) is 72.2 Å². The molecule has 0 atom stereocenters. The Balaban J connectivity index is 2.09. The lowest BCUT2D eigenvalue weighted by atomic mass is 10.2. The van der Waals surface area contributed by atoms with Gasteiger partial charge in [0.2, 0.25) is 0 Å². The largest absolute Gasteiger partial charge is 0.472 e. The van der Waals surface area contributed by atoms with Crippen LogP contribution < -0.4 is 11.3 Å². The molecular formula is C12H19N5O. The Morgan fingerprint density at radius 1 is 1.50 bits per heavy atom. The summed E-state index contributed by atoms with van der Waals surface area (Å²) < 4.78 is 6.82. The average Bonchev–Trinajstić information content (AvgIpc) is 2.89. The number of anilines is 1. The summed E-state index contributed by atoms with van der Waals surface area (Å²) in [6.07, 6.45) is 3.44.